The molecule has 9 nitrogen and oxygen atoms in total. The second-order valence-corrected chi connectivity index (χ2v) is 7.21. The van der Waals surface area contributed by atoms with E-state index in [1.807, 2.05) is 0 Å². The van der Waals surface area contributed by atoms with E-state index in [0.717, 1.165) is 6.20 Å². The molecule has 27 heavy (non-hydrogen) atoms. The molecule has 3 N–H and O–H groups in total. The zero-order valence-electron chi connectivity index (χ0n) is 14.8. The third kappa shape index (κ3) is 4.12. The summed E-state index contributed by atoms with van der Waals surface area (Å²) in [7, 11) is 0. The number of hydrogen-bond acceptors (Lipinski definition) is 7. The molecule has 0 atom stereocenters. The molecule has 0 spiro atoms. The lowest BCUT2D eigenvalue weighted by molar-refractivity contribution is -0.139. The standard InChI is InChI=1S/C16H17ClFN7O2/c1-16(2,3)25(7-11(26)27)24-14-10(18)6-20-15(21-14)12-9-4-8(17)5-19-13(9)23-22-12/h4-6H,7H2,1-3H3,(H,26,27)(H,19,22,23)(H,20,21,24). The Morgan fingerprint density at radius 3 is 2.78 bits per heavy atom. The third-order valence-corrected chi connectivity index (χ3v) is 3.89. The number of hydrazine groups is 1. The van der Waals surface area contributed by atoms with Crippen LogP contribution in [0, 0.1) is 5.82 Å². The first-order chi connectivity index (χ1) is 12.6. The van der Waals surface area contributed by atoms with Gasteiger partial charge in [0.15, 0.2) is 23.1 Å². The molecular formula is C16H17ClFN7O2. The van der Waals surface area contributed by atoms with Gasteiger partial charge in [-0.1, -0.05) is 11.6 Å². The number of carboxylic acids is 1. The third-order valence-electron chi connectivity index (χ3n) is 3.68. The average molecular weight is 394 g/mol. The van der Waals surface area contributed by atoms with E-state index in [9.17, 15) is 9.18 Å². The Balaban J connectivity index is 2.01. The number of carboxylic acid groups (broad SMARTS) is 1. The molecule has 3 heterocycles. The van der Waals surface area contributed by atoms with Gasteiger partial charge in [0, 0.05) is 11.7 Å². The molecule has 0 saturated heterocycles. The average Bonchev–Trinajstić information content (AvgIpc) is 2.98. The molecule has 0 aliphatic carbocycles. The molecule has 3 aromatic heterocycles. The van der Waals surface area contributed by atoms with E-state index in [-0.39, 0.29) is 18.2 Å². The number of aromatic nitrogens is 5. The molecule has 0 aromatic carbocycles. The summed E-state index contributed by atoms with van der Waals surface area (Å²) in [4.78, 5) is 23.4. The summed E-state index contributed by atoms with van der Waals surface area (Å²) < 4.78 is 14.3. The summed E-state index contributed by atoms with van der Waals surface area (Å²) >= 11 is 5.98. The van der Waals surface area contributed by atoms with E-state index in [1.54, 1.807) is 26.8 Å². The Labute approximate surface area is 158 Å². The maximum Gasteiger partial charge on any atom is 0.319 e. The monoisotopic (exact) mass is 393 g/mol. The van der Waals surface area contributed by atoms with Crippen LogP contribution < -0.4 is 5.43 Å². The summed E-state index contributed by atoms with van der Waals surface area (Å²) in [6, 6.07) is 1.65. The van der Waals surface area contributed by atoms with Crippen molar-refractivity contribution in [1.82, 2.24) is 30.2 Å². The maximum atomic E-state index is 14.3. The molecule has 0 aliphatic rings. The Kier molecular flexibility index (Phi) is 4.94. The summed E-state index contributed by atoms with van der Waals surface area (Å²) in [5.41, 5.74) is 2.96. The predicted octanol–water partition coefficient (Wildman–Crippen LogP) is 2.72. The number of pyridine rings is 1. The van der Waals surface area contributed by atoms with Crippen molar-refractivity contribution < 1.29 is 14.3 Å². The Bertz CT molecular complexity index is 1000. The number of hydrogen-bond donors (Lipinski definition) is 3. The van der Waals surface area contributed by atoms with Gasteiger partial charge in [0.25, 0.3) is 0 Å². The number of aromatic amines is 1. The van der Waals surface area contributed by atoms with Crippen molar-refractivity contribution in [3.05, 3.63) is 29.3 Å². The van der Waals surface area contributed by atoms with Gasteiger partial charge in [-0.15, -0.1) is 0 Å². The van der Waals surface area contributed by atoms with Gasteiger partial charge in [-0.2, -0.15) is 5.10 Å². The highest BCUT2D eigenvalue weighted by atomic mass is 35.5. The molecule has 3 rings (SSSR count). The minimum Gasteiger partial charge on any atom is -0.480 e. The normalized spacial score (nSPS) is 11.9. The largest absolute Gasteiger partial charge is 0.480 e. The Morgan fingerprint density at radius 1 is 1.37 bits per heavy atom. The molecule has 11 heteroatoms. The summed E-state index contributed by atoms with van der Waals surface area (Å²) in [6.45, 7) is 5.01. The molecular weight excluding hydrogens is 377 g/mol. The first-order valence-electron chi connectivity index (χ1n) is 7.94. The number of carbonyl (C=O) groups is 1. The van der Waals surface area contributed by atoms with Crippen LogP contribution in [0.3, 0.4) is 0 Å². The van der Waals surface area contributed by atoms with E-state index in [1.165, 1.54) is 11.2 Å². The molecule has 0 amide bonds. The number of halogens is 2. The first kappa shape index (κ1) is 18.9. The highest BCUT2D eigenvalue weighted by molar-refractivity contribution is 6.31. The number of nitrogens with one attached hydrogen (secondary N) is 2. The highest BCUT2D eigenvalue weighted by Gasteiger charge is 2.26. The number of anilines is 1. The van der Waals surface area contributed by atoms with Gasteiger partial charge in [0.1, 0.15) is 12.2 Å². The molecule has 0 bridgehead atoms. The lowest BCUT2D eigenvalue weighted by atomic mass is 10.1. The second-order valence-electron chi connectivity index (χ2n) is 6.77. The molecule has 0 aliphatic heterocycles. The smallest absolute Gasteiger partial charge is 0.319 e. The maximum absolute atomic E-state index is 14.3. The van der Waals surface area contributed by atoms with E-state index >= 15 is 0 Å². The molecule has 0 radical (unpaired) electrons. The fraction of sp³-hybridized carbons (Fsp3) is 0.312. The lowest BCUT2D eigenvalue weighted by Crippen LogP contribution is -2.48. The van der Waals surface area contributed by atoms with Gasteiger partial charge < -0.3 is 5.11 Å². The van der Waals surface area contributed by atoms with Gasteiger partial charge in [-0.3, -0.25) is 15.3 Å². The molecule has 3 aromatic rings. The van der Waals surface area contributed by atoms with Crippen LogP contribution in [-0.2, 0) is 4.79 Å². The highest BCUT2D eigenvalue weighted by Crippen LogP contribution is 2.26. The number of rotatable bonds is 5. The molecule has 0 fully saturated rings. The zero-order chi connectivity index (χ0) is 19.8. The van der Waals surface area contributed by atoms with E-state index in [0.29, 0.717) is 21.7 Å². The predicted molar refractivity (Wildman–Crippen MR) is 97.6 cm³/mol. The van der Waals surface area contributed by atoms with E-state index in [4.69, 9.17) is 16.7 Å². The molecule has 0 unspecified atom stereocenters. The quantitative estimate of drug-likeness (QED) is 0.566. The van der Waals surface area contributed by atoms with Crippen molar-refractivity contribution in [2.75, 3.05) is 12.0 Å². The van der Waals surface area contributed by atoms with Crippen LogP contribution in [0.25, 0.3) is 22.6 Å². The van der Waals surface area contributed by atoms with Crippen LogP contribution in [0.1, 0.15) is 20.8 Å². The van der Waals surface area contributed by atoms with Gasteiger partial charge in [-0.25, -0.2) is 24.4 Å². The number of H-pyrrole nitrogens is 1. The van der Waals surface area contributed by atoms with Gasteiger partial charge in [0.2, 0.25) is 0 Å². The van der Waals surface area contributed by atoms with Crippen molar-refractivity contribution >= 4 is 34.4 Å². The fourth-order valence-electron chi connectivity index (χ4n) is 2.32. The van der Waals surface area contributed by atoms with Crippen molar-refractivity contribution in [2.45, 2.75) is 26.3 Å². The molecule has 0 saturated carbocycles. The van der Waals surface area contributed by atoms with E-state index < -0.39 is 17.3 Å². The van der Waals surface area contributed by atoms with Crippen LogP contribution in [0.15, 0.2) is 18.5 Å². The van der Waals surface area contributed by atoms with Gasteiger partial charge >= 0.3 is 5.97 Å². The summed E-state index contributed by atoms with van der Waals surface area (Å²) in [5.74, 6) is -1.82. The lowest BCUT2D eigenvalue weighted by Gasteiger charge is -2.34. The second kappa shape index (κ2) is 7.05. The fourth-order valence-corrected chi connectivity index (χ4v) is 2.47. The summed E-state index contributed by atoms with van der Waals surface area (Å²) in [6.07, 6.45) is 2.46. The Hall–Kier alpha value is -2.85. The van der Waals surface area contributed by atoms with Crippen molar-refractivity contribution in [3.8, 4) is 11.5 Å². The number of fused-ring (bicyclic) bond motifs is 1. The van der Waals surface area contributed by atoms with Crippen LogP contribution in [0.5, 0.6) is 0 Å². The number of aliphatic carboxylic acids is 1. The number of nitrogens with zero attached hydrogens (tertiary/aromatic N) is 5. The topological polar surface area (TPSA) is 120 Å². The van der Waals surface area contributed by atoms with Crippen molar-refractivity contribution in [1.29, 1.82) is 0 Å². The van der Waals surface area contributed by atoms with Crippen LogP contribution in [0.2, 0.25) is 5.02 Å². The van der Waals surface area contributed by atoms with Crippen LogP contribution in [-0.4, -0.2) is 53.3 Å². The minimum atomic E-state index is -1.06. The zero-order valence-corrected chi connectivity index (χ0v) is 15.5. The SMILES string of the molecule is CC(C)(C)N(CC(=O)O)Nc1nc(-c2n[nH]c3ncc(Cl)cc23)ncc1F. The molecule has 142 valence electrons. The van der Waals surface area contributed by atoms with Crippen LogP contribution in [0.4, 0.5) is 10.2 Å². The van der Waals surface area contributed by atoms with Crippen LogP contribution >= 0.6 is 11.6 Å². The Morgan fingerprint density at radius 2 is 2.11 bits per heavy atom. The van der Waals surface area contributed by atoms with Crippen molar-refractivity contribution in [3.63, 3.8) is 0 Å². The van der Waals surface area contributed by atoms with Crippen molar-refractivity contribution in [2.24, 2.45) is 0 Å². The minimum absolute atomic E-state index is 0.137. The van der Waals surface area contributed by atoms with Gasteiger partial charge in [0.05, 0.1) is 16.6 Å². The van der Waals surface area contributed by atoms with Gasteiger partial charge in [-0.05, 0) is 26.8 Å². The summed E-state index contributed by atoms with van der Waals surface area (Å²) in [5, 5.41) is 18.3. The van der Waals surface area contributed by atoms with E-state index in [2.05, 4.69) is 30.6 Å². The first-order valence-corrected chi connectivity index (χ1v) is 8.31.